The van der Waals surface area contributed by atoms with Crippen LogP contribution < -0.4 is 0 Å². The van der Waals surface area contributed by atoms with E-state index in [4.69, 9.17) is 10.2 Å². The number of fused-ring (bicyclic) bond motifs is 1. The average Bonchev–Trinajstić information content (AvgIpc) is 2.56. The smallest absolute Gasteiger partial charge is 0.372 e. The number of nitrogens with zero attached hydrogens (tertiary/aromatic N) is 2. The van der Waals surface area contributed by atoms with E-state index in [9.17, 15) is 14.7 Å². The minimum atomic E-state index is -1.35. The highest BCUT2D eigenvalue weighted by molar-refractivity contribution is 5.97. The zero-order chi connectivity index (χ0) is 11.9. The van der Waals surface area contributed by atoms with Crippen LogP contribution in [0.3, 0.4) is 0 Å². The second-order valence-corrected chi connectivity index (χ2v) is 3.03. The second kappa shape index (κ2) is 3.23. The maximum absolute atomic E-state index is 10.8. The van der Waals surface area contributed by atoms with E-state index in [0.29, 0.717) is 0 Å². The lowest BCUT2D eigenvalue weighted by Gasteiger charge is -1.97. The molecule has 0 amide bonds. The molecule has 0 aliphatic heterocycles. The Morgan fingerprint density at radius 2 is 1.94 bits per heavy atom. The lowest BCUT2D eigenvalue weighted by molar-refractivity contribution is 0.0682. The van der Waals surface area contributed by atoms with Crippen LogP contribution in [0.25, 0.3) is 5.52 Å². The number of carboxylic acids is 2. The van der Waals surface area contributed by atoms with Gasteiger partial charge in [0, 0.05) is 12.3 Å². The van der Waals surface area contributed by atoms with Crippen LogP contribution in [0, 0.1) is 0 Å². The molecule has 16 heavy (non-hydrogen) atoms. The normalized spacial score (nSPS) is 10.5. The van der Waals surface area contributed by atoms with Crippen LogP contribution in [0.5, 0.6) is 5.75 Å². The van der Waals surface area contributed by atoms with Crippen molar-refractivity contribution >= 4 is 17.5 Å². The standard InChI is InChI=1S/C9H6N2O5/c12-4-1-2-11-5(3-4)6(8(13)14)10-7(11)9(15)16/h1-3,12H,(H,13,14)(H,15,16). The molecule has 2 aromatic rings. The first kappa shape index (κ1) is 9.97. The Balaban J connectivity index is 2.87. The summed E-state index contributed by atoms with van der Waals surface area (Å²) in [4.78, 5) is 25.1. The molecule has 0 radical (unpaired) electrons. The first-order valence-corrected chi connectivity index (χ1v) is 4.18. The highest BCUT2D eigenvalue weighted by Gasteiger charge is 2.20. The van der Waals surface area contributed by atoms with Gasteiger partial charge in [-0.3, -0.25) is 4.40 Å². The fourth-order valence-corrected chi connectivity index (χ4v) is 1.38. The Hall–Kier alpha value is -2.57. The first-order valence-electron chi connectivity index (χ1n) is 4.18. The Bertz CT molecular complexity index is 601. The van der Waals surface area contributed by atoms with Crippen LogP contribution in [0.15, 0.2) is 18.3 Å². The van der Waals surface area contributed by atoms with Crippen molar-refractivity contribution in [2.75, 3.05) is 0 Å². The summed E-state index contributed by atoms with van der Waals surface area (Å²) in [6, 6.07) is 2.38. The number of hydrogen-bond donors (Lipinski definition) is 3. The summed E-state index contributed by atoms with van der Waals surface area (Å²) in [5.41, 5.74) is -0.377. The van der Waals surface area contributed by atoms with Crippen molar-refractivity contribution in [3.8, 4) is 5.75 Å². The molecule has 2 rings (SSSR count). The Morgan fingerprint density at radius 1 is 1.25 bits per heavy atom. The van der Waals surface area contributed by atoms with Crippen molar-refractivity contribution in [1.82, 2.24) is 9.38 Å². The maximum atomic E-state index is 10.8. The zero-order valence-electron chi connectivity index (χ0n) is 7.78. The fourth-order valence-electron chi connectivity index (χ4n) is 1.38. The van der Waals surface area contributed by atoms with Crippen molar-refractivity contribution in [3.05, 3.63) is 29.8 Å². The lowest BCUT2D eigenvalue weighted by atomic mass is 10.3. The van der Waals surface area contributed by atoms with Crippen molar-refractivity contribution in [2.24, 2.45) is 0 Å². The van der Waals surface area contributed by atoms with Crippen LogP contribution in [0.4, 0.5) is 0 Å². The predicted octanol–water partition coefficient (Wildman–Crippen LogP) is 0.436. The van der Waals surface area contributed by atoms with E-state index in [1.807, 2.05) is 0 Å². The number of aromatic nitrogens is 2. The molecule has 0 fully saturated rings. The van der Waals surface area contributed by atoms with Gasteiger partial charge < -0.3 is 15.3 Å². The molecule has 0 bridgehead atoms. The first-order chi connectivity index (χ1) is 7.50. The SMILES string of the molecule is O=C(O)c1nc(C(=O)O)n2ccc(O)cc12. The molecule has 0 aliphatic rings. The molecule has 0 spiro atoms. The van der Waals surface area contributed by atoms with Crippen LogP contribution >= 0.6 is 0 Å². The number of aromatic hydroxyl groups is 1. The predicted molar refractivity (Wildman–Crippen MR) is 50.8 cm³/mol. The van der Waals surface area contributed by atoms with E-state index in [2.05, 4.69) is 4.98 Å². The lowest BCUT2D eigenvalue weighted by Crippen LogP contribution is -2.03. The monoisotopic (exact) mass is 222 g/mol. The summed E-state index contributed by atoms with van der Waals surface area (Å²) in [6.45, 7) is 0. The van der Waals surface area contributed by atoms with Gasteiger partial charge >= 0.3 is 11.9 Å². The van der Waals surface area contributed by atoms with Gasteiger partial charge in [0.15, 0.2) is 5.69 Å². The highest BCUT2D eigenvalue weighted by atomic mass is 16.4. The van der Waals surface area contributed by atoms with Gasteiger partial charge in [-0.05, 0) is 6.07 Å². The van der Waals surface area contributed by atoms with E-state index in [-0.39, 0.29) is 11.3 Å². The molecule has 0 aromatic carbocycles. The van der Waals surface area contributed by atoms with Crippen LogP contribution in [0.2, 0.25) is 0 Å². The van der Waals surface area contributed by atoms with Gasteiger partial charge in [-0.25, -0.2) is 14.6 Å². The van der Waals surface area contributed by atoms with Gasteiger partial charge in [-0.2, -0.15) is 0 Å². The molecule has 7 heteroatoms. The number of aromatic carboxylic acids is 2. The quantitative estimate of drug-likeness (QED) is 0.679. The van der Waals surface area contributed by atoms with Crippen LogP contribution in [-0.4, -0.2) is 36.6 Å². The molecule has 0 atom stereocenters. The van der Waals surface area contributed by atoms with Gasteiger partial charge in [-0.1, -0.05) is 0 Å². The van der Waals surface area contributed by atoms with Gasteiger partial charge in [0.25, 0.3) is 0 Å². The number of carboxylic acid groups (broad SMARTS) is 2. The number of hydrogen-bond acceptors (Lipinski definition) is 4. The van der Waals surface area contributed by atoms with Crippen molar-refractivity contribution in [2.45, 2.75) is 0 Å². The van der Waals surface area contributed by atoms with Gasteiger partial charge in [0.2, 0.25) is 5.82 Å². The molecule has 3 N–H and O–H groups in total. The van der Waals surface area contributed by atoms with E-state index in [0.717, 1.165) is 10.5 Å². The van der Waals surface area contributed by atoms with Crippen LogP contribution in [0.1, 0.15) is 21.1 Å². The number of rotatable bonds is 2. The third-order valence-corrected chi connectivity index (χ3v) is 2.02. The van der Waals surface area contributed by atoms with Crippen molar-refractivity contribution < 1.29 is 24.9 Å². The third kappa shape index (κ3) is 1.34. The Kier molecular flexibility index (Phi) is 2.01. The Labute approximate surface area is 88.2 Å². The van der Waals surface area contributed by atoms with Gasteiger partial charge in [0.05, 0.1) is 5.52 Å². The van der Waals surface area contributed by atoms with Crippen LogP contribution in [-0.2, 0) is 0 Å². The summed E-state index contributed by atoms with van der Waals surface area (Å²) in [7, 11) is 0. The summed E-state index contributed by atoms with van der Waals surface area (Å²) in [5, 5.41) is 26.8. The molecule has 0 unspecified atom stereocenters. The largest absolute Gasteiger partial charge is 0.508 e. The highest BCUT2D eigenvalue weighted by Crippen LogP contribution is 2.18. The van der Waals surface area contributed by atoms with Crippen molar-refractivity contribution in [1.29, 1.82) is 0 Å². The summed E-state index contributed by atoms with van der Waals surface area (Å²) in [5.74, 6) is -3.26. The molecule has 2 aromatic heterocycles. The van der Waals surface area contributed by atoms with Gasteiger partial charge in [0.1, 0.15) is 5.75 Å². The summed E-state index contributed by atoms with van der Waals surface area (Å²) >= 11 is 0. The maximum Gasteiger partial charge on any atom is 0.372 e. The fraction of sp³-hybridized carbons (Fsp3) is 0. The minimum Gasteiger partial charge on any atom is -0.508 e. The minimum absolute atomic E-state index is 0.0323. The molecule has 82 valence electrons. The van der Waals surface area contributed by atoms with E-state index < -0.39 is 23.5 Å². The summed E-state index contributed by atoms with van der Waals surface area (Å²) < 4.78 is 1.09. The zero-order valence-corrected chi connectivity index (χ0v) is 7.78. The molecule has 0 saturated carbocycles. The molecular weight excluding hydrogens is 216 g/mol. The van der Waals surface area contributed by atoms with E-state index in [1.54, 1.807) is 0 Å². The topological polar surface area (TPSA) is 112 Å². The molecule has 0 saturated heterocycles. The van der Waals surface area contributed by atoms with E-state index in [1.165, 1.54) is 12.3 Å². The van der Waals surface area contributed by atoms with Crippen molar-refractivity contribution in [3.63, 3.8) is 0 Å². The molecule has 0 aliphatic carbocycles. The molecule has 7 nitrogen and oxygen atoms in total. The third-order valence-electron chi connectivity index (χ3n) is 2.02. The van der Waals surface area contributed by atoms with E-state index >= 15 is 0 Å². The summed E-state index contributed by atoms with van der Waals surface area (Å²) in [6.07, 6.45) is 1.24. The number of imidazole rings is 1. The number of carbonyl (C=O) groups is 2. The average molecular weight is 222 g/mol. The Morgan fingerprint density at radius 3 is 2.50 bits per heavy atom. The molecular formula is C9H6N2O5. The van der Waals surface area contributed by atoms with Gasteiger partial charge in [-0.15, -0.1) is 0 Å². The number of pyridine rings is 1. The second-order valence-electron chi connectivity index (χ2n) is 3.03. The molecule has 2 heterocycles.